The summed E-state index contributed by atoms with van der Waals surface area (Å²) < 4.78 is 25.4. The third-order valence-electron chi connectivity index (χ3n) is 4.67. The molecule has 2 aromatic heterocycles. The molecule has 0 aliphatic heterocycles. The molecule has 0 radical (unpaired) electrons. The van der Waals surface area contributed by atoms with Gasteiger partial charge in [0.2, 0.25) is 15.0 Å². The molecule has 2 heterocycles. The Bertz CT molecular complexity index is 1390. The van der Waals surface area contributed by atoms with E-state index in [1.807, 2.05) is 42.5 Å². The highest BCUT2D eigenvalue weighted by molar-refractivity contribution is 7.90. The fourth-order valence-corrected chi connectivity index (χ4v) is 3.85. The van der Waals surface area contributed by atoms with E-state index < -0.39 is 9.84 Å². The van der Waals surface area contributed by atoms with Crippen LogP contribution in [0.2, 0.25) is 0 Å². The van der Waals surface area contributed by atoms with Crippen molar-refractivity contribution in [3.8, 4) is 11.3 Å². The maximum absolute atomic E-state index is 12.5. The molecule has 0 N–H and O–H groups in total. The number of benzene rings is 2. The Morgan fingerprint density at radius 2 is 1.72 bits per heavy atom. The molecule has 0 saturated carbocycles. The van der Waals surface area contributed by atoms with E-state index in [1.54, 1.807) is 29.8 Å². The molecule has 0 aliphatic rings. The van der Waals surface area contributed by atoms with Crippen molar-refractivity contribution < 1.29 is 8.42 Å². The van der Waals surface area contributed by atoms with E-state index in [1.165, 1.54) is 6.07 Å². The summed E-state index contributed by atoms with van der Waals surface area (Å²) in [5.74, 6) is 0. The van der Waals surface area contributed by atoms with Gasteiger partial charge >= 0.3 is 0 Å². The summed E-state index contributed by atoms with van der Waals surface area (Å²) >= 11 is 0. The number of fused-ring (bicyclic) bond motifs is 1. The van der Waals surface area contributed by atoms with Crippen molar-refractivity contribution in [2.45, 2.75) is 18.6 Å². The van der Waals surface area contributed by atoms with E-state index in [0.717, 1.165) is 22.6 Å². The molecular formula is C22H19N3O3S. The Morgan fingerprint density at radius 1 is 0.966 bits per heavy atom. The van der Waals surface area contributed by atoms with Gasteiger partial charge in [0.25, 0.3) is 5.56 Å². The highest BCUT2D eigenvalue weighted by atomic mass is 32.2. The zero-order chi connectivity index (χ0) is 20.6. The molecular weight excluding hydrogens is 386 g/mol. The first-order valence-electron chi connectivity index (χ1n) is 9.04. The Kier molecular flexibility index (Phi) is 4.76. The molecule has 0 amide bonds. The molecule has 0 spiro atoms. The monoisotopic (exact) mass is 405 g/mol. The maximum atomic E-state index is 12.5. The predicted octanol–water partition coefficient (Wildman–Crippen LogP) is 3.22. The number of rotatable bonds is 4. The Balaban J connectivity index is 1.80. The molecule has 0 saturated heterocycles. The van der Waals surface area contributed by atoms with E-state index in [0.29, 0.717) is 23.5 Å². The van der Waals surface area contributed by atoms with E-state index >= 15 is 0 Å². The summed E-state index contributed by atoms with van der Waals surface area (Å²) in [4.78, 5) is 20.7. The van der Waals surface area contributed by atoms with Gasteiger partial charge in [-0.25, -0.2) is 18.4 Å². The topological polar surface area (TPSA) is 81.9 Å². The average molecular weight is 405 g/mol. The molecule has 4 rings (SSSR count). The van der Waals surface area contributed by atoms with Crippen LogP contribution in [-0.4, -0.2) is 29.2 Å². The molecule has 6 nitrogen and oxygen atoms in total. The lowest BCUT2D eigenvalue weighted by Crippen LogP contribution is -2.19. The van der Waals surface area contributed by atoms with Gasteiger partial charge in [-0.05, 0) is 35.4 Å². The second-order valence-corrected chi connectivity index (χ2v) is 8.88. The van der Waals surface area contributed by atoms with Crippen LogP contribution in [0.3, 0.4) is 0 Å². The quantitative estimate of drug-likeness (QED) is 0.487. The Labute approximate surface area is 168 Å². The second-order valence-electron chi connectivity index (χ2n) is 6.97. The highest BCUT2D eigenvalue weighted by Gasteiger charge is 2.14. The minimum atomic E-state index is -3.54. The highest BCUT2D eigenvalue weighted by Crippen LogP contribution is 2.21. The van der Waals surface area contributed by atoms with Crippen LogP contribution in [-0.2, 0) is 16.4 Å². The first-order chi connectivity index (χ1) is 13.8. The van der Waals surface area contributed by atoms with Crippen molar-refractivity contribution in [2.24, 2.45) is 0 Å². The van der Waals surface area contributed by atoms with Crippen molar-refractivity contribution in [3.05, 3.63) is 88.5 Å². The second kappa shape index (κ2) is 7.25. The summed E-state index contributed by atoms with van der Waals surface area (Å²) in [6.45, 7) is 2.11. The molecule has 2 aromatic carbocycles. The molecule has 4 aromatic rings. The van der Waals surface area contributed by atoms with Gasteiger partial charge in [0, 0.05) is 29.8 Å². The van der Waals surface area contributed by atoms with Gasteiger partial charge in [0.15, 0.2) is 0 Å². The maximum Gasteiger partial charge on any atom is 0.250 e. The van der Waals surface area contributed by atoms with Gasteiger partial charge in [-0.3, -0.25) is 4.79 Å². The fourth-order valence-electron chi connectivity index (χ4n) is 3.28. The third-order valence-corrected chi connectivity index (χ3v) is 5.51. The van der Waals surface area contributed by atoms with E-state index in [9.17, 15) is 13.2 Å². The minimum Gasteiger partial charge on any atom is -0.310 e. The minimum absolute atomic E-state index is 0.143. The van der Waals surface area contributed by atoms with Gasteiger partial charge < -0.3 is 4.57 Å². The fraction of sp³-hybridized carbons (Fsp3) is 0.136. The molecule has 0 fully saturated rings. The number of aromatic nitrogens is 3. The number of aryl methyl sites for hydroxylation is 1. The average Bonchev–Trinajstić information content (AvgIpc) is 2.69. The van der Waals surface area contributed by atoms with Crippen LogP contribution in [0.15, 0.2) is 76.8 Å². The lowest BCUT2D eigenvalue weighted by Gasteiger charge is -2.11. The van der Waals surface area contributed by atoms with Gasteiger partial charge in [-0.2, -0.15) is 0 Å². The van der Waals surface area contributed by atoms with E-state index in [-0.39, 0.29) is 10.7 Å². The van der Waals surface area contributed by atoms with E-state index in [2.05, 4.69) is 9.97 Å². The SMILES string of the molecule is Cc1cc(-c2ccc(=O)n(Cc3cccc4ccccc34)c2)nc(S(C)(=O)=O)n1. The molecule has 0 atom stereocenters. The standard InChI is InChI=1S/C22H19N3O3S/c1-15-12-20(24-22(23-15)29(2,27)28)18-10-11-21(26)25(14-18)13-17-8-5-7-16-6-3-4-9-19(16)17/h3-12,14H,13H2,1-2H3. The van der Waals surface area contributed by atoms with Gasteiger partial charge in [-0.15, -0.1) is 0 Å². The van der Waals surface area contributed by atoms with Crippen LogP contribution in [0.5, 0.6) is 0 Å². The number of sulfone groups is 1. The van der Waals surface area contributed by atoms with Gasteiger partial charge in [-0.1, -0.05) is 42.5 Å². The molecule has 146 valence electrons. The Morgan fingerprint density at radius 3 is 2.52 bits per heavy atom. The summed E-state index contributed by atoms with van der Waals surface area (Å²) in [6.07, 6.45) is 2.78. The van der Waals surface area contributed by atoms with Crippen LogP contribution in [0, 0.1) is 6.92 Å². The molecule has 0 unspecified atom stereocenters. The number of pyridine rings is 1. The molecule has 0 aliphatic carbocycles. The number of hydrogen-bond acceptors (Lipinski definition) is 5. The molecule has 29 heavy (non-hydrogen) atoms. The van der Waals surface area contributed by atoms with Crippen LogP contribution < -0.4 is 5.56 Å². The first kappa shape index (κ1) is 19.0. The molecule has 0 bridgehead atoms. The number of nitrogens with zero attached hydrogens (tertiary/aromatic N) is 3. The van der Waals surface area contributed by atoms with Crippen molar-refractivity contribution >= 4 is 20.6 Å². The van der Waals surface area contributed by atoms with Gasteiger partial charge in [0.05, 0.1) is 12.2 Å². The van der Waals surface area contributed by atoms with E-state index in [4.69, 9.17) is 0 Å². The smallest absolute Gasteiger partial charge is 0.250 e. The summed E-state index contributed by atoms with van der Waals surface area (Å²) in [7, 11) is -3.54. The van der Waals surface area contributed by atoms with Crippen molar-refractivity contribution in [2.75, 3.05) is 6.26 Å². The predicted molar refractivity (Wildman–Crippen MR) is 113 cm³/mol. The molecule has 7 heteroatoms. The van der Waals surface area contributed by atoms with Crippen molar-refractivity contribution in [1.82, 2.24) is 14.5 Å². The van der Waals surface area contributed by atoms with Crippen LogP contribution in [0.4, 0.5) is 0 Å². The largest absolute Gasteiger partial charge is 0.310 e. The number of hydrogen-bond donors (Lipinski definition) is 0. The van der Waals surface area contributed by atoms with Crippen LogP contribution in [0.25, 0.3) is 22.0 Å². The lowest BCUT2D eigenvalue weighted by molar-refractivity contribution is 0.592. The van der Waals surface area contributed by atoms with Crippen LogP contribution >= 0.6 is 0 Å². The van der Waals surface area contributed by atoms with Gasteiger partial charge in [0.1, 0.15) is 0 Å². The zero-order valence-corrected chi connectivity index (χ0v) is 16.8. The zero-order valence-electron chi connectivity index (χ0n) is 16.0. The van der Waals surface area contributed by atoms with Crippen molar-refractivity contribution in [1.29, 1.82) is 0 Å². The Hall–Kier alpha value is -3.32. The first-order valence-corrected chi connectivity index (χ1v) is 10.9. The van der Waals surface area contributed by atoms with Crippen LogP contribution in [0.1, 0.15) is 11.3 Å². The lowest BCUT2D eigenvalue weighted by atomic mass is 10.0. The normalized spacial score (nSPS) is 11.7. The van der Waals surface area contributed by atoms with Crippen molar-refractivity contribution in [3.63, 3.8) is 0 Å². The summed E-state index contributed by atoms with van der Waals surface area (Å²) in [5, 5.41) is 1.97. The third kappa shape index (κ3) is 3.95. The summed E-state index contributed by atoms with van der Waals surface area (Å²) in [6, 6.07) is 18.9. The summed E-state index contributed by atoms with van der Waals surface area (Å²) in [5.41, 5.74) is 2.54.